The molecule has 0 saturated carbocycles. The van der Waals surface area contributed by atoms with Gasteiger partial charge in [-0.15, -0.1) is 23.2 Å². The second-order valence-electron chi connectivity index (χ2n) is 5.26. The van der Waals surface area contributed by atoms with Crippen molar-refractivity contribution in [2.24, 2.45) is 5.41 Å². The Labute approximate surface area is 138 Å². The lowest BCUT2D eigenvalue weighted by molar-refractivity contribution is -0.123. The molecule has 0 aromatic heterocycles. The molecule has 0 bridgehead atoms. The summed E-state index contributed by atoms with van der Waals surface area (Å²) >= 11 is 12.2. The van der Waals surface area contributed by atoms with Crippen LogP contribution in [0.5, 0.6) is 0 Å². The molecule has 0 fully saturated rings. The van der Waals surface area contributed by atoms with E-state index in [1.54, 1.807) is 24.3 Å². The number of nitrogens with one attached hydrogen (secondary N) is 1. The summed E-state index contributed by atoms with van der Waals surface area (Å²) in [6.07, 6.45) is 0.157. The van der Waals surface area contributed by atoms with Gasteiger partial charge in [-0.3, -0.25) is 9.59 Å². The maximum atomic E-state index is 13.0. The van der Waals surface area contributed by atoms with Gasteiger partial charge < -0.3 is 5.32 Å². The van der Waals surface area contributed by atoms with Crippen LogP contribution in [0.2, 0.25) is 0 Å². The maximum absolute atomic E-state index is 13.0. The zero-order chi connectivity index (χ0) is 15.7. The van der Waals surface area contributed by atoms with E-state index >= 15 is 0 Å². The minimum absolute atomic E-state index is 0.157. The number of ketones is 1. The molecule has 3 rings (SSSR count). The van der Waals surface area contributed by atoms with Gasteiger partial charge in [-0.2, -0.15) is 0 Å². The molecule has 1 atom stereocenters. The monoisotopic (exact) mass is 333 g/mol. The number of Topliss-reactive ketones (excluding diaryl/α,β-unsaturated/α-hetero) is 1. The van der Waals surface area contributed by atoms with Crippen LogP contribution in [0.25, 0.3) is 0 Å². The van der Waals surface area contributed by atoms with Crippen LogP contribution >= 0.6 is 23.2 Å². The van der Waals surface area contributed by atoms with Crippen molar-refractivity contribution in [2.45, 2.75) is 11.3 Å². The molecule has 22 heavy (non-hydrogen) atoms. The number of halogens is 2. The lowest BCUT2D eigenvalue weighted by Crippen LogP contribution is -2.52. The number of para-hydroxylation sites is 1. The Kier molecular flexibility index (Phi) is 3.94. The molecule has 0 spiro atoms. The number of anilines is 1. The molecular formula is C17H13Cl2NO2. The van der Waals surface area contributed by atoms with E-state index in [1.807, 2.05) is 30.3 Å². The summed E-state index contributed by atoms with van der Waals surface area (Å²) in [4.78, 5) is 24.5. The van der Waals surface area contributed by atoms with Crippen LogP contribution in [0.15, 0.2) is 54.6 Å². The van der Waals surface area contributed by atoms with Gasteiger partial charge in [0.25, 0.3) is 0 Å². The molecule has 5 heteroatoms. The first-order valence-electron chi connectivity index (χ1n) is 6.83. The molecule has 1 amide bonds. The van der Waals surface area contributed by atoms with Gasteiger partial charge in [0.1, 0.15) is 10.3 Å². The van der Waals surface area contributed by atoms with Crippen molar-refractivity contribution >= 4 is 40.6 Å². The molecule has 1 unspecified atom stereocenters. The first kappa shape index (κ1) is 15.1. The van der Waals surface area contributed by atoms with Gasteiger partial charge in [0, 0.05) is 5.56 Å². The molecule has 0 radical (unpaired) electrons. The summed E-state index contributed by atoms with van der Waals surface area (Å²) in [5.41, 5.74) is 0.245. The summed E-state index contributed by atoms with van der Waals surface area (Å²) in [5.74, 6) is -0.805. The summed E-state index contributed by atoms with van der Waals surface area (Å²) in [7, 11) is 0. The predicted octanol–water partition coefficient (Wildman–Crippen LogP) is 3.85. The molecule has 0 saturated heterocycles. The van der Waals surface area contributed by atoms with Gasteiger partial charge in [-0.05, 0) is 24.1 Å². The summed E-state index contributed by atoms with van der Waals surface area (Å²) in [6, 6.07) is 16.1. The summed E-state index contributed by atoms with van der Waals surface area (Å²) in [5, 5.41) is 2.75. The van der Waals surface area contributed by atoms with Crippen molar-refractivity contribution in [2.75, 3.05) is 5.32 Å². The summed E-state index contributed by atoms with van der Waals surface area (Å²) < 4.78 is 0. The highest BCUT2D eigenvalue weighted by Gasteiger charge is 2.54. The average molecular weight is 334 g/mol. The SMILES string of the molecule is O=C1Nc2ccccc2C(=O)C1(Cc1ccccc1)C(Cl)Cl. The number of fused-ring (bicyclic) bond motifs is 1. The molecular weight excluding hydrogens is 321 g/mol. The first-order valence-corrected chi connectivity index (χ1v) is 7.70. The van der Waals surface area contributed by atoms with E-state index in [0.717, 1.165) is 5.56 Å². The Hall–Kier alpha value is -1.84. The van der Waals surface area contributed by atoms with Crippen LogP contribution in [0, 0.1) is 5.41 Å². The maximum Gasteiger partial charge on any atom is 0.241 e. The Morgan fingerprint density at radius 1 is 0.955 bits per heavy atom. The van der Waals surface area contributed by atoms with Crippen molar-refractivity contribution in [1.82, 2.24) is 0 Å². The van der Waals surface area contributed by atoms with Crippen molar-refractivity contribution in [1.29, 1.82) is 0 Å². The fourth-order valence-electron chi connectivity index (χ4n) is 2.72. The lowest BCUT2D eigenvalue weighted by Gasteiger charge is -2.36. The third-order valence-corrected chi connectivity index (χ3v) is 4.67. The number of amides is 1. The molecule has 112 valence electrons. The van der Waals surface area contributed by atoms with E-state index in [1.165, 1.54) is 0 Å². The van der Waals surface area contributed by atoms with Crippen LogP contribution in [-0.2, 0) is 11.2 Å². The van der Waals surface area contributed by atoms with E-state index in [-0.39, 0.29) is 12.2 Å². The minimum Gasteiger partial charge on any atom is -0.324 e. The van der Waals surface area contributed by atoms with Crippen molar-refractivity contribution in [3.05, 3.63) is 65.7 Å². The number of hydrogen-bond donors (Lipinski definition) is 1. The molecule has 1 heterocycles. The third-order valence-electron chi connectivity index (χ3n) is 3.93. The van der Waals surface area contributed by atoms with Crippen LogP contribution in [0.4, 0.5) is 5.69 Å². The van der Waals surface area contributed by atoms with Gasteiger partial charge in [0.05, 0.1) is 5.69 Å². The van der Waals surface area contributed by atoms with Gasteiger partial charge >= 0.3 is 0 Å². The Morgan fingerprint density at radius 3 is 2.27 bits per heavy atom. The first-order chi connectivity index (χ1) is 10.6. The van der Waals surface area contributed by atoms with Gasteiger partial charge in [0.2, 0.25) is 5.91 Å². The number of rotatable bonds is 3. The molecule has 3 nitrogen and oxygen atoms in total. The highest BCUT2D eigenvalue weighted by Crippen LogP contribution is 2.42. The molecule has 1 aliphatic heterocycles. The van der Waals surface area contributed by atoms with Crippen LogP contribution < -0.4 is 5.32 Å². The van der Waals surface area contributed by atoms with Crippen LogP contribution in [0.1, 0.15) is 15.9 Å². The fourth-order valence-corrected chi connectivity index (χ4v) is 3.27. The predicted molar refractivity (Wildman–Crippen MR) is 87.5 cm³/mol. The quantitative estimate of drug-likeness (QED) is 0.684. The molecule has 1 N–H and O–H groups in total. The van der Waals surface area contributed by atoms with E-state index < -0.39 is 16.2 Å². The number of benzene rings is 2. The van der Waals surface area contributed by atoms with Crippen molar-refractivity contribution < 1.29 is 9.59 Å². The largest absolute Gasteiger partial charge is 0.324 e. The molecule has 2 aromatic carbocycles. The normalized spacial score (nSPS) is 20.7. The van der Waals surface area contributed by atoms with Crippen LogP contribution in [-0.4, -0.2) is 16.5 Å². The van der Waals surface area contributed by atoms with E-state index in [4.69, 9.17) is 23.2 Å². The smallest absolute Gasteiger partial charge is 0.241 e. The number of hydrogen-bond acceptors (Lipinski definition) is 2. The Bertz CT molecular complexity index is 730. The Balaban J connectivity index is 2.11. The lowest BCUT2D eigenvalue weighted by atomic mass is 9.73. The number of carbonyl (C=O) groups excluding carboxylic acids is 2. The number of carbonyl (C=O) groups is 2. The van der Waals surface area contributed by atoms with E-state index in [2.05, 4.69) is 5.32 Å². The van der Waals surface area contributed by atoms with Crippen molar-refractivity contribution in [3.8, 4) is 0 Å². The number of alkyl halides is 2. The molecule has 1 aliphatic rings. The minimum atomic E-state index is -1.52. The van der Waals surface area contributed by atoms with Crippen molar-refractivity contribution in [3.63, 3.8) is 0 Å². The zero-order valence-electron chi connectivity index (χ0n) is 11.6. The second-order valence-corrected chi connectivity index (χ2v) is 6.36. The third kappa shape index (κ3) is 2.31. The van der Waals surface area contributed by atoms with Gasteiger partial charge in [0.15, 0.2) is 5.78 Å². The van der Waals surface area contributed by atoms with Gasteiger partial charge in [-0.25, -0.2) is 0 Å². The molecule has 2 aromatic rings. The fraction of sp³-hybridized carbons (Fsp3) is 0.176. The standard InChI is InChI=1S/C17H13Cl2NO2/c18-15(19)17(10-11-6-2-1-3-7-11)14(21)12-8-4-5-9-13(12)20-16(17)22/h1-9,15H,10H2,(H,20,22). The van der Waals surface area contributed by atoms with Gasteiger partial charge in [-0.1, -0.05) is 42.5 Å². The average Bonchev–Trinajstić information content (AvgIpc) is 2.52. The summed E-state index contributed by atoms with van der Waals surface area (Å²) in [6.45, 7) is 0. The highest BCUT2D eigenvalue weighted by atomic mass is 35.5. The Morgan fingerprint density at radius 2 is 1.59 bits per heavy atom. The highest BCUT2D eigenvalue weighted by molar-refractivity contribution is 6.49. The van der Waals surface area contributed by atoms with Crippen LogP contribution in [0.3, 0.4) is 0 Å². The topological polar surface area (TPSA) is 46.2 Å². The van der Waals surface area contributed by atoms with E-state index in [9.17, 15) is 9.59 Å². The molecule has 0 aliphatic carbocycles. The second kappa shape index (κ2) is 5.75. The zero-order valence-corrected chi connectivity index (χ0v) is 13.1. The van der Waals surface area contributed by atoms with E-state index in [0.29, 0.717) is 11.3 Å².